The molecule has 0 N–H and O–H groups in total. The zero-order valence-corrected chi connectivity index (χ0v) is 9.66. The molecule has 0 aliphatic carbocycles. The van der Waals surface area contributed by atoms with Crippen molar-refractivity contribution in [2.24, 2.45) is 0 Å². The summed E-state index contributed by atoms with van der Waals surface area (Å²) in [5.74, 6) is 1.59. The quantitative estimate of drug-likeness (QED) is 0.665. The van der Waals surface area contributed by atoms with Crippen molar-refractivity contribution in [2.45, 2.75) is 39.2 Å². The maximum Gasteiger partial charge on any atom is 0.123 e. The van der Waals surface area contributed by atoms with Crippen LogP contribution in [0.1, 0.15) is 37.8 Å². The van der Waals surface area contributed by atoms with Crippen LogP contribution in [-0.4, -0.2) is 6.10 Å². The fourth-order valence-corrected chi connectivity index (χ4v) is 2.00. The molecule has 1 aliphatic rings. The second-order valence-electron chi connectivity index (χ2n) is 4.26. The van der Waals surface area contributed by atoms with E-state index >= 15 is 0 Å². The van der Waals surface area contributed by atoms with Gasteiger partial charge in [-0.1, -0.05) is 31.2 Å². The lowest BCUT2D eigenvalue weighted by Gasteiger charge is -2.07. The number of benzene rings is 1. The summed E-state index contributed by atoms with van der Waals surface area (Å²) in [4.78, 5) is 0. The maximum atomic E-state index is 5.76. The Hall–Kier alpha value is -1.24. The third kappa shape index (κ3) is 1.92. The lowest BCUT2D eigenvalue weighted by atomic mass is 9.96. The summed E-state index contributed by atoms with van der Waals surface area (Å²) in [7, 11) is 0. The van der Waals surface area contributed by atoms with Gasteiger partial charge in [0.2, 0.25) is 0 Å². The van der Waals surface area contributed by atoms with Crippen molar-refractivity contribution in [3.63, 3.8) is 0 Å². The topological polar surface area (TPSA) is 9.23 Å². The Morgan fingerprint density at radius 3 is 2.87 bits per heavy atom. The van der Waals surface area contributed by atoms with Crippen molar-refractivity contribution in [1.82, 2.24) is 0 Å². The van der Waals surface area contributed by atoms with Crippen LogP contribution in [0.3, 0.4) is 0 Å². The molecule has 1 aromatic rings. The lowest BCUT2D eigenvalue weighted by Crippen LogP contribution is -2.10. The molecule has 0 amide bonds. The van der Waals surface area contributed by atoms with Crippen molar-refractivity contribution in [3.8, 4) is 5.75 Å². The smallest absolute Gasteiger partial charge is 0.123 e. The molecule has 0 saturated heterocycles. The molecular formula is C14H18O. The molecule has 2 rings (SSSR count). The first-order valence-corrected chi connectivity index (χ1v) is 5.63. The van der Waals surface area contributed by atoms with E-state index in [4.69, 9.17) is 4.74 Å². The summed E-state index contributed by atoms with van der Waals surface area (Å²) in [6.45, 7) is 6.42. The zero-order valence-electron chi connectivity index (χ0n) is 9.66. The molecule has 15 heavy (non-hydrogen) atoms. The molecule has 0 unspecified atom stereocenters. The van der Waals surface area contributed by atoms with Gasteiger partial charge in [-0.3, -0.25) is 0 Å². The summed E-state index contributed by atoms with van der Waals surface area (Å²) >= 11 is 0. The van der Waals surface area contributed by atoms with Crippen LogP contribution in [0.5, 0.6) is 5.75 Å². The molecule has 1 heteroatoms. The Kier molecular flexibility index (Phi) is 2.81. The van der Waals surface area contributed by atoms with Crippen molar-refractivity contribution >= 4 is 0 Å². The fourth-order valence-electron chi connectivity index (χ4n) is 2.00. The van der Waals surface area contributed by atoms with Crippen molar-refractivity contribution in [1.29, 1.82) is 0 Å². The van der Waals surface area contributed by atoms with Gasteiger partial charge in [0, 0.05) is 11.5 Å². The Balaban J connectivity index is 2.27. The molecule has 1 aliphatic heterocycles. The largest absolute Gasteiger partial charge is 0.490 e. The molecule has 0 saturated carbocycles. The van der Waals surface area contributed by atoms with Crippen molar-refractivity contribution in [3.05, 3.63) is 41.5 Å². The monoisotopic (exact) mass is 202 g/mol. The SMILES string of the molecule is C/C=C/Cc1ccc2c(c1)[C@@H](C)[C@@H](C)O2. The average Bonchev–Trinajstić information content (AvgIpc) is 2.52. The average molecular weight is 202 g/mol. The molecule has 1 heterocycles. The standard InChI is InChI=1S/C14H18O/c1-4-5-6-12-7-8-14-13(9-12)10(2)11(3)15-14/h4-5,7-11H,6H2,1-3H3/b5-4+/t10-,11+/m0/s1. The van der Waals surface area contributed by atoms with Gasteiger partial charge in [-0.2, -0.15) is 0 Å². The Labute approximate surface area is 91.8 Å². The van der Waals surface area contributed by atoms with E-state index in [0.717, 1.165) is 12.2 Å². The number of rotatable bonds is 2. The number of hydrogen-bond donors (Lipinski definition) is 0. The molecular weight excluding hydrogens is 184 g/mol. The first-order chi connectivity index (χ1) is 7.22. The van der Waals surface area contributed by atoms with Gasteiger partial charge < -0.3 is 4.74 Å². The normalized spacial score (nSPS) is 24.2. The number of fused-ring (bicyclic) bond motifs is 1. The summed E-state index contributed by atoms with van der Waals surface area (Å²) in [6.07, 6.45) is 5.61. The minimum atomic E-state index is 0.317. The Morgan fingerprint density at radius 1 is 1.33 bits per heavy atom. The molecule has 1 nitrogen and oxygen atoms in total. The molecule has 0 fully saturated rings. The van der Waals surface area contributed by atoms with Crippen molar-refractivity contribution < 1.29 is 4.74 Å². The van der Waals surface area contributed by atoms with Gasteiger partial charge in [0.15, 0.2) is 0 Å². The first-order valence-electron chi connectivity index (χ1n) is 5.63. The third-order valence-corrected chi connectivity index (χ3v) is 3.17. The Bertz CT molecular complexity index is 379. The van der Waals surface area contributed by atoms with Gasteiger partial charge in [-0.25, -0.2) is 0 Å². The van der Waals surface area contributed by atoms with Gasteiger partial charge in [-0.15, -0.1) is 0 Å². The van der Waals surface area contributed by atoms with Gasteiger partial charge >= 0.3 is 0 Å². The molecule has 0 aromatic heterocycles. The van der Waals surface area contributed by atoms with E-state index in [0.29, 0.717) is 12.0 Å². The van der Waals surface area contributed by atoms with Gasteiger partial charge in [0.05, 0.1) is 0 Å². The van der Waals surface area contributed by atoms with Crippen LogP contribution >= 0.6 is 0 Å². The van der Waals surface area contributed by atoms with E-state index in [1.807, 2.05) is 0 Å². The first kappa shape index (κ1) is 10.3. The van der Waals surface area contributed by atoms with Crippen LogP contribution in [0.15, 0.2) is 30.4 Å². The van der Waals surface area contributed by atoms with Crippen LogP contribution < -0.4 is 4.74 Å². The highest BCUT2D eigenvalue weighted by Gasteiger charge is 2.27. The van der Waals surface area contributed by atoms with Gasteiger partial charge in [0.1, 0.15) is 11.9 Å². The van der Waals surface area contributed by atoms with Gasteiger partial charge in [-0.05, 0) is 31.9 Å². The van der Waals surface area contributed by atoms with E-state index in [-0.39, 0.29) is 0 Å². The van der Waals surface area contributed by atoms with E-state index in [2.05, 4.69) is 51.1 Å². The maximum absolute atomic E-state index is 5.76. The molecule has 0 bridgehead atoms. The highest BCUT2D eigenvalue weighted by atomic mass is 16.5. The number of ether oxygens (including phenoxy) is 1. The van der Waals surface area contributed by atoms with Crippen molar-refractivity contribution in [2.75, 3.05) is 0 Å². The molecule has 0 radical (unpaired) electrons. The summed E-state index contributed by atoms with van der Waals surface area (Å²) in [6, 6.07) is 6.54. The molecule has 80 valence electrons. The lowest BCUT2D eigenvalue weighted by molar-refractivity contribution is 0.232. The second kappa shape index (κ2) is 4.09. The highest BCUT2D eigenvalue weighted by molar-refractivity contribution is 5.43. The molecule has 0 spiro atoms. The Morgan fingerprint density at radius 2 is 2.13 bits per heavy atom. The van der Waals surface area contributed by atoms with E-state index < -0.39 is 0 Å². The third-order valence-electron chi connectivity index (χ3n) is 3.17. The minimum Gasteiger partial charge on any atom is -0.490 e. The summed E-state index contributed by atoms with van der Waals surface area (Å²) < 4.78 is 5.76. The minimum absolute atomic E-state index is 0.317. The van der Waals surface area contributed by atoms with Crippen LogP contribution in [0.25, 0.3) is 0 Å². The van der Waals surface area contributed by atoms with Crippen LogP contribution in [-0.2, 0) is 6.42 Å². The van der Waals surface area contributed by atoms with E-state index in [9.17, 15) is 0 Å². The summed E-state index contributed by atoms with van der Waals surface area (Å²) in [5, 5.41) is 0. The predicted molar refractivity (Wildman–Crippen MR) is 63.5 cm³/mol. The fraction of sp³-hybridized carbons (Fsp3) is 0.429. The van der Waals surface area contributed by atoms with Gasteiger partial charge in [0.25, 0.3) is 0 Å². The predicted octanol–water partition coefficient (Wildman–Crippen LogP) is 3.69. The summed E-state index contributed by atoms with van der Waals surface area (Å²) in [5.41, 5.74) is 2.74. The number of allylic oxidation sites excluding steroid dienone is 2. The zero-order chi connectivity index (χ0) is 10.8. The highest BCUT2D eigenvalue weighted by Crippen LogP contribution is 2.38. The second-order valence-corrected chi connectivity index (χ2v) is 4.26. The van der Waals surface area contributed by atoms with E-state index in [1.165, 1.54) is 11.1 Å². The number of hydrogen-bond acceptors (Lipinski definition) is 1. The van der Waals surface area contributed by atoms with Crippen LogP contribution in [0.2, 0.25) is 0 Å². The van der Waals surface area contributed by atoms with Crippen LogP contribution in [0.4, 0.5) is 0 Å². The molecule has 1 aromatic carbocycles. The van der Waals surface area contributed by atoms with Crippen LogP contribution in [0, 0.1) is 0 Å². The molecule has 2 atom stereocenters. The van der Waals surface area contributed by atoms with E-state index in [1.54, 1.807) is 0 Å².